The molecule has 0 saturated heterocycles. The predicted octanol–water partition coefficient (Wildman–Crippen LogP) is 2.94. The molecule has 0 aliphatic rings. The van der Waals surface area contributed by atoms with Gasteiger partial charge in [0.15, 0.2) is 0 Å². The van der Waals surface area contributed by atoms with Gasteiger partial charge >= 0.3 is 0 Å². The average Bonchev–Trinajstić information content (AvgIpc) is 2.43. The van der Waals surface area contributed by atoms with Crippen LogP contribution >= 0.6 is 11.6 Å². The molecule has 0 aliphatic heterocycles. The van der Waals surface area contributed by atoms with Gasteiger partial charge in [0.2, 0.25) is 11.8 Å². The lowest BCUT2D eigenvalue weighted by Crippen LogP contribution is -2.32. The van der Waals surface area contributed by atoms with E-state index in [4.69, 9.17) is 16.3 Å². The maximum atomic E-state index is 12.0. The van der Waals surface area contributed by atoms with Crippen molar-refractivity contribution in [1.29, 1.82) is 0 Å². The summed E-state index contributed by atoms with van der Waals surface area (Å²) in [5.74, 6) is 0.340. The van der Waals surface area contributed by atoms with Gasteiger partial charge in [-0.3, -0.25) is 9.59 Å². The van der Waals surface area contributed by atoms with Crippen LogP contribution in [0.25, 0.3) is 0 Å². The number of ether oxygens (including phenoxy) is 1. The number of anilines is 1. The Morgan fingerprint density at radius 1 is 1.33 bits per heavy atom. The molecule has 2 amide bonds. The summed E-state index contributed by atoms with van der Waals surface area (Å²) in [6.45, 7) is 4.56. The Hall–Kier alpha value is -1.75. The van der Waals surface area contributed by atoms with Crippen LogP contribution in [0.2, 0.25) is 5.02 Å². The highest BCUT2D eigenvalue weighted by Gasteiger charge is 2.12. The van der Waals surface area contributed by atoms with Crippen LogP contribution in [0.15, 0.2) is 18.2 Å². The molecule has 0 atom stereocenters. The lowest BCUT2D eigenvalue weighted by atomic mass is 10.2. The Bertz CT molecular complexity index is 506. The first-order valence-electron chi connectivity index (χ1n) is 6.86. The van der Waals surface area contributed by atoms with Gasteiger partial charge in [0.1, 0.15) is 5.75 Å². The Kier molecular flexibility index (Phi) is 7.02. The second-order valence-corrected chi connectivity index (χ2v) is 5.09. The molecular formula is C15H21ClN2O3. The van der Waals surface area contributed by atoms with E-state index in [0.29, 0.717) is 29.5 Å². The zero-order valence-electron chi connectivity index (χ0n) is 12.6. The predicted molar refractivity (Wildman–Crippen MR) is 83.8 cm³/mol. The summed E-state index contributed by atoms with van der Waals surface area (Å²) in [5.41, 5.74) is 0.528. The maximum absolute atomic E-state index is 12.0. The van der Waals surface area contributed by atoms with E-state index in [-0.39, 0.29) is 18.2 Å². The third-order valence-corrected chi connectivity index (χ3v) is 3.22. The summed E-state index contributed by atoms with van der Waals surface area (Å²) < 4.78 is 5.17. The van der Waals surface area contributed by atoms with E-state index in [0.717, 1.165) is 6.42 Å². The number of rotatable bonds is 7. The molecule has 0 aliphatic carbocycles. The molecule has 21 heavy (non-hydrogen) atoms. The van der Waals surface area contributed by atoms with Crippen LogP contribution in [0.3, 0.4) is 0 Å². The van der Waals surface area contributed by atoms with E-state index in [9.17, 15) is 9.59 Å². The Morgan fingerprint density at radius 2 is 2.05 bits per heavy atom. The number of nitrogens with one attached hydrogen (secondary N) is 1. The van der Waals surface area contributed by atoms with Crippen LogP contribution in [0.5, 0.6) is 5.75 Å². The van der Waals surface area contributed by atoms with Crippen molar-refractivity contribution >= 4 is 29.1 Å². The molecule has 0 radical (unpaired) electrons. The molecule has 1 rings (SSSR count). The van der Waals surface area contributed by atoms with E-state index in [1.54, 1.807) is 23.1 Å². The molecule has 0 heterocycles. The van der Waals surface area contributed by atoms with E-state index in [1.807, 2.05) is 6.92 Å². The van der Waals surface area contributed by atoms with Crippen LogP contribution in [0.4, 0.5) is 5.69 Å². The summed E-state index contributed by atoms with van der Waals surface area (Å²) in [7, 11) is 1.53. The molecule has 0 saturated carbocycles. The SMILES string of the molecule is CCCN(CCC(=O)Nc1cc(Cl)ccc1OC)C(C)=O. The first-order chi connectivity index (χ1) is 9.97. The molecule has 0 spiro atoms. The first kappa shape index (κ1) is 17.3. The topological polar surface area (TPSA) is 58.6 Å². The fourth-order valence-corrected chi connectivity index (χ4v) is 2.10. The third kappa shape index (κ3) is 5.63. The van der Waals surface area contributed by atoms with Crippen molar-refractivity contribution in [1.82, 2.24) is 4.90 Å². The monoisotopic (exact) mass is 312 g/mol. The molecular weight excluding hydrogens is 292 g/mol. The molecule has 0 bridgehead atoms. The van der Waals surface area contributed by atoms with Crippen molar-refractivity contribution < 1.29 is 14.3 Å². The average molecular weight is 313 g/mol. The van der Waals surface area contributed by atoms with Crippen LogP contribution < -0.4 is 10.1 Å². The molecule has 116 valence electrons. The first-order valence-corrected chi connectivity index (χ1v) is 7.24. The summed E-state index contributed by atoms with van der Waals surface area (Å²) in [6, 6.07) is 5.01. The number of hydrogen-bond acceptors (Lipinski definition) is 3. The standard InChI is InChI=1S/C15H21ClN2O3/c1-4-8-18(11(2)19)9-7-15(20)17-13-10-12(16)5-6-14(13)21-3/h5-6,10H,4,7-9H2,1-3H3,(H,17,20). The Labute approximate surface area is 130 Å². The quantitative estimate of drug-likeness (QED) is 0.842. The van der Waals surface area contributed by atoms with E-state index in [2.05, 4.69) is 5.32 Å². The fraction of sp³-hybridized carbons (Fsp3) is 0.467. The Balaban J connectivity index is 2.61. The zero-order valence-corrected chi connectivity index (χ0v) is 13.4. The van der Waals surface area contributed by atoms with Gasteiger partial charge in [-0.15, -0.1) is 0 Å². The van der Waals surface area contributed by atoms with Crippen molar-refractivity contribution in [3.05, 3.63) is 23.2 Å². The number of benzene rings is 1. The second-order valence-electron chi connectivity index (χ2n) is 4.65. The number of hydrogen-bond donors (Lipinski definition) is 1. The third-order valence-electron chi connectivity index (χ3n) is 2.98. The van der Waals surface area contributed by atoms with Gasteiger partial charge in [-0.1, -0.05) is 18.5 Å². The smallest absolute Gasteiger partial charge is 0.226 e. The van der Waals surface area contributed by atoms with Gasteiger partial charge in [0.25, 0.3) is 0 Å². The molecule has 5 nitrogen and oxygen atoms in total. The molecule has 0 fully saturated rings. The van der Waals surface area contributed by atoms with Gasteiger partial charge in [0, 0.05) is 31.5 Å². The van der Waals surface area contributed by atoms with Crippen LogP contribution in [-0.2, 0) is 9.59 Å². The molecule has 1 aromatic carbocycles. The van der Waals surface area contributed by atoms with Crippen LogP contribution in [-0.4, -0.2) is 36.9 Å². The molecule has 6 heteroatoms. The normalized spacial score (nSPS) is 10.1. The number of halogens is 1. The van der Waals surface area contributed by atoms with Crippen molar-refractivity contribution in [3.8, 4) is 5.75 Å². The van der Waals surface area contributed by atoms with Crippen molar-refractivity contribution in [3.63, 3.8) is 0 Å². The van der Waals surface area contributed by atoms with Gasteiger partial charge in [-0.05, 0) is 24.6 Å². The molecule has 0 unspecified atom stereocenters. The molecule has 1 N–H and O–H groups in total. The molecule has 1 aromatic rings. The van der Waals surface area contributed by atoms with E-state index in [1.165, 1.54) is 14.0 Å². The zero-order chi connectivity index (χ0) is 15.8. The summed E-state index contributed by atoms with van der Waals surface area (Å²) in [6.07, 6.45) is 1.10. The Morgan fingerprint density at radius 3 is 2.62 bits per heavy atom. The number of nitrogens with zero attached hydrogens (tertiary/aromatic N) is 1. The minimum Gasteiger partial charge on any atom is -0.495 e. The summed E-state index contributed by atoms with van der Waals surface area (Å²) in [4.78, 5) is 25.0. The number of methoxy groups -OCH3 is 1. The minimum atomic E-state index is -0.182. The van der Waals surface area contributed by atoms with Crippen LogP contribution in [0.1, 0.15) is 26.7 Å². The van der Waals surface area contributed by atoms with Crippen LogP contribution in [0, 0.1) is 0 Å². The van der Waals surface area contributed by atoms with Gasteiger partial charge in [-0.25, -0.2) is 0 Å². The largest absolute Gasteiger partial charge is 0.495 e. The van der Waals surface area contributed by atoms with Crippen molar-refractivity contribution in [2.45, 2.75) is 26.7 Å². The van der Waals surface area contributed by atoms with Gasteiger partial charge in [-0.2, -0.15) is 0 Å². The highest BCUT2D eigenvalue weighted by atomic mass is 35.5. The number of carbonyl (C=O) groups is 2. The highest BCUT2D eigenvalue weighted by molar-refractivity contribution is 6.31. The van der Waals surface area contributed by atoms with E-state index >= 15 is 0 Å². The lowest BCUT2D eigenvalue weighted by molar-refractivity contribution is -0.129. The number of amides is 2. The summed E-state index contributed by atoms with van der Waals surface area (Å²) in [5, 5.41) is 3.27. The fourth-order valence-electron chi connectivity index (χ4n) is 1.92. The van der Waals surface area contributed by atoms with E-state index < -0.39 is 0 Å². The van der Waals surface area contributed by atoms with Gasteiger partial charge < -0.3 is 15.0 Å². The maximum Gasteiger partial charge on any atom is 0.226 e. The molecule has 0 aromatic heterocycles. The summed E-state index contributed by atoms with van der Waals surface area (Å²) >= 11 is 5.91. The minimum absolute atomic E-state index is 0.0232. The second kappa shape index (κ2) is 8.52. The number of carbonyl (C=O) groups excluding carboxylic acids is 2. The van der Waals surface area contributed by atoms with Crippen molar-refractivity contribution in [2.24, 2.45) is 0 Å². The lowest BCUT2D eigenvalue weighted by Gasteiger charge is -2.20. The van der Waals surface area contributed by atoms with Gasteiger partial charge in [0.05, 0.1) is 12.8 Å². The highest BCUT2D eigenvalue weighted by Crippen LogP contribution is 2.27. The van der Waals surface area contributed by atoms with Crippen molar-refractivity contribution in [2.75, 3.05) is 25.5 Å².